The molecule has 2 amide bonds. The molecule has 4 N–H and O–H groups in total. The van der Waals surface area contributed by atoms with Crippen LogP contribution in [0.25, 0.3) is 11.4 Å². The second kappa shape index (κ2) is 7.06. The molecule has 1 fully saturated rings. The maximum absolute atomic E-state index is 13.2. The highest BCUT2D eigenvalue weighted by atomic mass is 16.2. The van der Waals surface area contributed by atoms with Gasteiger partial charge in [-0.2, -0.15) is 0 Å². The molecular weight excluding hydrogens is 318 g/mol. The van der Waals surface area contributed by atoms with Crippen molar-refractivity contribution < 1.29 is 9.59 Å². The van der Waals surface area contributed by atoms with Gasteiger partial charge < -0.3 is 20.9 Å². The molecule has 1 aromatic carbocycles. The van der Waals surface area contributed by atoms with Crippen molar-refractivity contribution in [2.24, 2.45) is 5.73 Å². The van der Waals surface area contributed by atoms with Gasteiger partial charge in [-0.1, -0.05) is 18.2 Å². The number of likely N-dealkylation sites (tertiary alicyclic amines) is 1. The van der Waals surface area contributed by atoms with Crippen molar-refractivity contribution in [3.05, 3.63) is 42.2 Å². The summed E-state index contributed by atoms with van der Waals surface area (Å²) in [5.74, 6) is 0.256. The number of hydrogen-bond donors (Lipinski definition) is 3. The third-order valence-electron chi connectivity index (χ3n) is 4.24. The topological polar surface area (TPSA) is 104 Å². The van der Waals surface area contributed by atoms with E-state index in [1.54, 1.807) is 29.4 Å². The number of carbonyl (C=O) groups excluding carboxylic acids is 2. The van der Waals surface area contributed by atoms with Crippen LogP contribution in [0, 0.1) is 0 Å². The van der Waals surface area contributed by atoms with E-state index in [-0.39, 0.29) is 23.9 Å². The van der Waals surface area contributed by atoms with E-state index < -0.39 is 6.04 Å². The van der Waals surface area contributed by atoms with Gasteiger partial charge in [0.15, 0.2) is 0 Å². The molecule has 0 radical (unpaired) electrons. The van der Waals surface area contributed by atoms with Crippen molar-refractivity contribution in [1.29, 1.82) is 0 Å². The minimum atomic E-state index is -0.547. The van der Waals surface area contributed by atoms with Crippen molar-refractivity contribution in [1.82, 2.24) is 20.2 Å². The number of nitrogens with two attached hydrogens (primary N) is 1. The van der Waals surface area contributed by atoms with Gasteiger partial charge in [-0.3, -0.25) is 9.59 Å². The fourth-order valence-corrected chi connectivity index (χ4v) is 3.17. The first-order valence-corrected chi connectivity index (χ1v) is 8.43. The summed E-state index contributed by atoms with van der Waals surface area (Å²) in [6.45, 7) is 4.15. The molecule has 2 atom stereocenters. The zero-order chi connectivity index (χ0) is 18.0. The molecule has 0 saturated carbocycles. The van der Waals surface area contributed by atoms with Crippen molar-refractivity contribution in [2.45, 2.75) is 38.4 Å². The zero-order valence-electron chi connectivity index (χ0n) is 14.4. The number of imidazole rings is 1. The lowest BCUT2D eigenvalue weighted by Gasteiger charge is -2.25. The molecule has 7 nitrogen and oxygen atoms in total. The Hall–Kier alpha value is -2.67. The van der Waals surface area contributed by atoms with Crippen LogP contribution >= 0.6 is 0 Å². The van der Waals surface area contributed by atoms with Crippen LogP contribution in [0.1, 0.15) is 30.6 Å². The average Bonchev–Trinajstić information content (AvgIpc) is 3.23. The van der Waals surface area contributed by atoms with Crippen LogP contribution in [0.3, 0.4) is 0 Å². The highest BCUT2D eigenvalue weighted by Crippen LogP contribution is 2.25. The number of H-pyrrole nitrogens is 1. The lowest BCUT2D eigenvalue weighted by atomic mass is 10.0. The van der Waals surface area contributed by atoms with E-state index in [2.05, 4.69) is 15.3 Å². The molecule has 0 spiro atoms. The smallest absolute Gasteiger partial charge is 0.255 e. The second-order valence-electron chi connectivity index (χ2n) is 6.62. The second-order valence-corrected chi connectivity index (χ2v) is 6.62. The Morgan fingerprint density at radius 2 is 2.12 bits per heavy atom. The van der Waals surface area contributed by atoms with Crippen LogP contribution < -0.4 is 11.1 Å². The largest absolute Gasteiger partial charge is 0.352 e. The maximum atomic E-state index is 13.2. The monoisotopic (exact) mass is 341 g/mol. The fraction of sp³-hybridized carbons (Fsp3) is 0.389. The normalized spacial score (nSPS) is 20.1. The molecular formula is C18H23N5O2. The van der Waals surface area contributed by atoms with Crippen LogP contribution in [0.5, 0.6) is 0 Å². The lowest BCUT2D eigenvalue weighted by Crippen LogP contribution is -2.47. The van der Waals surface area contributed by atoms with Crippen LogP contribution in [-0.4, -0.2) is 51.4 Å². The molecule has 0 bridgehead atoms. The fourth-order valence-electron chi connectivity index (χ4n) is 3.17. The third-order valence-corrected chi connectivity index (χ3v) is 4.24. The van der Waals surface area contributed by atoms with Crippen LogP contribution in [-0.2, 0) is 4.79 Å². The third kappa shape index (κ3) is 3.56. The van der Waals surface area contributed by atoms with Crippen molar-refractivity contribution in [3.63, 3.8) is 0 Å². The number of benzene rings is 1. The van der Waals surface area contributed by atoms with Gasteiger partial charge in [0, 0.05) is 36.6 Å². The molecule has 7 heteroatoms. The molecule has 2 heterocycles. The summed E-state index contributed by atoms with van der Waals surface area (Å²) in [6.07, 6.45) is 3.82. The first kappa shape index (κ1) is 17.2. The Bertz CT molecular complexity index is 757. The van der Waals surface area contributed by atoms with E-state index in [0.717, 1.165) is 0 Å². The summed E-state index contributed by atoms with van der Waals surface area (Å²) in [5.41, 5.74) is 7.26. The number of amides is 2. The minimum Gasteiger partial charge on any atom is -0.352 e. The molecule has 2 unspecified atom stereocenters. The summed E-state index contributed by atoms with van der Waals surface area (Å²) in [7, 11) is 0. The predicted octanol–water partition coefficient (Wildman–Crippen LogP) is 1.14. The Balaban J connectivity index is 1.91. The number of aromatic nitrogens is 2. The molecule has 25 heavy (non-hydrogen) atoms. The van der Waals surface area contributed by atoms with Crippen molar-refractivity contribution in [3.8, 4) is 11.4 Å². The highest BCUT2D eigenvalue weighted by Gasteiger charge is 2.39. The molecule has 3 rings (SSSR count). The lowest BCUT2D eigenvalue weighted by molar-refractivity contribution is -0.125. The maximum Gasteiger partial charge on any atom is 0.255 e. The Morgan fingerprint density at radius 3 is 2.80 bits per heavy atom. The van der Waals surface area contributed by atoms with Gasteiger partial charge in [-0.15, -0.1) is 0 Å². The van der Waals surface area contributed by atoms with Crippen LogP contribution in [0.15, 0.2) is 36.7 Å². The van der Waals surface area contributed by atoms with Gasteiger partial charge in [0.05, 0.1) is 5.56 Å². The van der Waals surface area contributed by atoms with Gasteiger partial charge in [0.2, 0.25) is 5.91 Å². The average molecular weight is 341 g/mol. The van der Waals surface area contributed by atoms with E-state index in [0.29, 0.717) is 29.9 Å². The number of carbonyl (C=O) groups is 2. The molecule has 1 aromatic heterocycles. The van der Waals surface area contributed by atoms with Gasteiger partial charge >= 0.3 is 0 Å². The first-order valence-electron chi connectivity index (χ1n) is 8.43. The van der Waals surface area contributed by atoms with E-state index >= 15 is 0 Å². The van der Waals surface area contributed by atoms with Crippen molar-refractivity contribution in [2.75, 3.05) is 6.54 Å². The van der Waals surface area contributed by atoms with Gasteiger partial charge in [-0.05, 0) is 26.3 Å². The molecule has 2 aromatic rings. The highest BCUT2D eigenvalue weighted by molar-refractivity contribution is 6.02. The number of hydrogen-bond acceptors (Lipinski definition) is 4. The summed E-state index contributed by atoms with van der Waals surface area (Å²) < 4.78 is 0. The Labute approximate surface area is 146 Å². The van der Waals surface area contributed by atoms with Crippen molar-refractivity contribution >= 4 is 11.8 Å². The number of rotatable bonds is 4. The number of nitrogens with zero attached hydrogens (tertiary/aromatic N) is 2. The van der Waals surface area contributed by atoms with E-state index in [1.807, 2.05) is 26.0 Å². The summed E-state index contributed by atoms with van der Waals surface area (Å²) in [4.78, 5) is 34.5. The Morgan fingerprint density at radius 1 is 1.36 bits per heavy atom. The SMILES string of the molecule is CC(C)NC(=O)C1CC(N)CN1C(=O)c1ccccc1-c1ncc[nH]1. The van der Waals surface area contributed by atoms with E-state index in [1.165, 1.54) is 0 Å². The van der Waals surface area contributed by atoms with Gasteiger partial charge in [0.1, 0.15) is 11.9 Å². The zero-order valence-corrected chi connectivity index (χ0v) is 14.4. The first-order chi connectivity index (χ1) is 12.0. The predicted molar refractivity (Wildman–Crippen MR) is 94.7 cm³/mol. The van der Waals surface area contributed by atoms with E-state index in [9.17, 15) is 9.59 Å². The quantitative estimate of drug-likeness (QED) is 0.776. The van der Waals surface area contributed by atoms with Gasteiger partial charge in [-0.25, -0.2) is 4.98 Å². The van der Waals surface area contributed by atoms with E-state index in [4.69, 9.17) is 5.73 Å². The molecule has 1 aliphatic rings. The molecule has 1 saturated heterocycles. The number of aromatic amines is 1. The van der Waals surface area contributed by atoms with Crippen LogP contribution in [0.2, 0.25) is 0 Å². The number of nitrogens with one attached hydrogen (secondary N) is 2. The molecule has 0 aliphatic carbocycles. The summed E-state index contributed by atoms with van der Waals surface area (Å²) in [5, 5.41) is 2.88. The van der Waals surface area contributed by atoms with Gasteiger partial charge in [0.25, 0.3) is 5.91 Å². The Kier molecular flexibility index (Phi) is 4.85. The summed E-state index contributed by atoms with van der Waals surface area (Å²) >= 11 is 0. The molecule has 1 aliphatic heterocycles. The molecule has 132 valence electrons. The standard InChI is InChI=1S/C18H23N5O2/c1-11(2)22-17(24)15-9-12(19)10-23(15)18(25)14-6-4-3-5-13(14)16-20-7-8-21-16/h3-8,11-12,15H,9-10,19H2,1-2H3,(H,20,21)(H,22,24). The minimum absolute atomic E-state index is 0.0108. The van der Waals surface area contributed by atoms with Crippen LogP contribution in [0.4, 0.5) is 0 Å². The summed E-state index contributed by atoms with van der Waals surface area (Å²) in [6, 6.07) is 6.51.